The van der Waals surface area contributed by atoms with Crippen molar-refractivity contribution < 1.29 is 9.90 Å². The lowest BCUT2D eigenvalue weighted by Crippen LogP contribution is -2.14. The second-order valence-corrected chi connectivity index (χ2v) is 8.16. The summed E-state index contributed by atoms with van der Waals surface area (Å²) >= 11 is 8.36. The van der Waals surface area contributed by atoms with E-state index in [9.17, 15) is 9.59 Å². The van der Waals surface area contributed by atoms with Crippen LogP contribution in [-0.4, -0.2) is 26.3 Å². The minimum absolute atomic E-state index is 0.269. The first-order valence-electron chi connectivity index (χ1n) is 7.05. The van der Waals surface area contributed by atoms with Gasteiger partial charge in [-0.1, -0.05) is 35.5 Å². The molecule has 5 nitrogen and oxygen atoms in total. The number of thioether (sulfide) groups is 1. The molecule has 0 aliphatic heterocycles. The summed E-state index contributed by atoms with van der Waals surface area (Å²) in [6, 6.07) is 7.29. The average molecular weight is 381 g/mol. The van der Waals surface area contributed by atoms with Crippen molar-refractivity contribution >= 4 is 50.9 Å². The fraction of sp³-hybridized carbons (Fsp3) is 0.188. The van der Waals surface area contributed by atoms with Crippen molar-refractivity contribution in [1.82, 2.24) is 9.97 Å². The van der Waals surface area contributed by atoms with Gasteiger partial charge in [0.05, 0.1) is 5.39 Å². The maximum absolute atomic E-state index is 12.5. The summed E-state index contributed by atoms with van der Waals surface area (Å²) in [6.07, 6.45) is 0. The number of H-pyrrole nitrogens is 1. The summed E-state index contributed by atoms with van der Waals surface area (Å²) in [6.45, 7) is 3.48. The van der Waals surface area contributed by atoms with Gasteiger partial charge < -0.3 is 10.1 Å². The van der Waals surface area contributed by atoms with Crippen molar-refractivity contribution in [3.63, 3.8) is 0 Å². The smallest absolute Gasteiger partial charge is 0.316 e. The van der Waals surface area contributed by atoms with Crippen LogP contribution in [0.25, 0.3) is 21.3 Å². The number of fused-ring (bicyclic) bond motifs is 1. The van der Waals surface area contributed by atoms with Gasteiger partial charge in [-0.15, -0.1) is 11.3 Å². The number of halogens is 1. The van der Waals surface area contributed by atoms with E-state index in [1.165, 1.54) is 11.3 Å². The normalized spacial score (nSPS) is 12.5. The van der Waals surface area contributed by atoms with Crippen molar-refractivity contribution in [3.8, 4) is 11.1 Å². The maximum atomic E-state index is 12.5. The van der Waals surface area contributed by atoms with E-state index in [0.717, 1.165) is 27.8 Å². The fourth-order valence-corrected chi connectivity index (χ4v) is 4.30. The van der Waals surface area contributed by atoms with Crippen LogP contribution >= 0.6 is 34.7 Å². The first kappa shape index (κ1) is 17.0. The van der Waals surface area contributed by atoms with Crippen LogP contribution in [0, 0.1) is 6.92 Å². The number of benzene rings is 1. The molecule has 2 aromatic heterocycles. The lowest BCUT2D eigenvalue weighted by atomic mass is 10.0. The van der Waals surface area contributed by atoms with E-state index in [1.54, 1.807) is 19.1 Å². The van der Waals surface area contributed by atoms with Crippen LogP contribution in [0.1, 0.15) is 11.8 Å². The van der Waals surface area contributed by atoms with E-state index >= 15 is 0 Å². The Morgan fingerprint density at radius 3 is 2.67 bits per heavy atom. The number of carboxylic acids is 1. The number of carbonyl (C=O) groups is 1. The molecular weight excluding hydrogens is 368 g/mol. The molecule has 1 aromatic carbocycles. The van der Waals surface area contributed by atoms with Crippen LogP contribution in [0.3, 0.4) is 0 Å². The molecule has 2 N–H and O–H groups in total. The van der Waals surface area contributed by atoms with Crippen LogP contribution in [-0.2, 0) is 4.79 Å². The molecule has 8 heteroatoms. The van der Waals surface area contributed by atoms with Gasteiger partial charge in [-0.05, 0) is 31.5 Å². The van der Waals surface area contributed by atoms with E-state index in [0.29, 0.717) is 20.4 Å². The second-order valence-electron chi connectivity index (χ2n) is 5.19. The standard InChI is InChI=1S/C16H13ClN2O3S2/c1-7-11(9-3-5-10(17)6-4-9)12-13(20)18-16(19-14(12)23-7)24-8(2)15(21)22/h3-6,8H,1-2H3,(H,21,22)(H,18,19,20). The van der Waals surface area contributed by atoms with Gasteiger partial charge in [0.15, 0.2) is 5.16 Å². The molecule has 1 unspecified atom stereocenters. The number of hydrogen-bond acceptors (Lipinski definition) is 5. The molecule has 0 aliphatic carbocycles. The Bertz CT molecular complexity index is 979. The molecule has 0 bridgehead atoms. The summed E-state index contributed by atoms with van der Waals surface area (Å²) in [5.41, 5.74) is 1.47. The van der Waals surface area contributed by atoms with E-state index < -0.39 is 11.2 Å². The van der Waals surface area contributed by atoms with Gasteiger partial charge in [0.2, 0.25) is 0 Å². The van der Waals surface area contributed by atoms with Crippen LogP contribution in [0.15, 0.2) is 34.2 Å². The summed E-state index contributed by atoms with van der Waals surface area (Å²) in [7, 11) is 0. The summed E-state index contributed by atoms with van der Waals surface area (Å²) < 4.78 is 0. The molecule has 0 saturated carbocycles. The highest BCUT2D eigenvalue weighted by atomic mass is 35.5. The quantitative estimate of drug-likeness (QED) is 0.524. The third kappa shape index (κ3) is 3.19. The molecule has 0 aliphatic rings. The fourth-order valence-electron chi connectivity index (χ4n) is 2.34. The molecule has 3 aromatic rings. The zero-order chi connectivity index (χ0) is 17.4. The Kier molecular flexibility index (Phi) is 4.67. The monoisotopic (exact) mass is 380 g/mol. The number of nitrogens with zero attached hydrogens (tertiary/aromatic N) is 1. The zero-order valence-corrected chi connectivity index (χ0v) is 15.2. The van der Waals surface area contributed by atoms with Crippen LogP contribution in [0.4, 0.5) is 0 Å². The highest BCUT2D eigenvalue weighted by Gasteiger charge is 2.19. The van der Waals surface area contributed by atoms with E-state index in [1.807, 2.05) is 19.1 Å². The summed E-state index contributed by atoms with van der Waals surface area (Å²) in [4.78, 5) is 32.2. The van der Waals surface area contributed by atoms with Gasteiger partial charge in [0, 0.05) is 15.5 Å². The Balaban J connectivity index is 2.13. The van der Waals surface area contributed by atoms with Crippen molar-refractivity contribution in [1.29, 1.82) is 0 Å². The van der Waals surface area contributed by atoms with E-state index in [4.69, 9.17) is 16.7 Å². The number of aromatic nitrogens is 2. The largest absolute Gasteiger partial charge is 0.480 e. The van der Waals surface area contributed by atoms with Gasteiger partial charge in [-0.3, -0.25) is 9.59 Å². The van der Waals surface area contributed by atoms with Crippen molar-refractivity contribution in [2.45, 2.75) is 24.3 Å². The molecule has 0 spiro atoms. The third-order valence-electron chi connectivity index (χ3n) is 3.49. The topological polar surface area (TPSA) is 83.0 Å². The molecule has 0 radical (unpaired) electrons. The van der Waals surface area contributed by atoms with Crippen LogP contribution in [0.5, 0.6) is 0 Å². The molecule has 2 heterocycles. The number of hydrogen-bond donors (Lipinski definition) is 2. The number of aliphatic carboxylic acids is 1. The highest BCUT2D eigenvalue weighted by Crippen LogP contribution is 2.36. The molecule has 0 saturated heterocycles. The van der Waals surface area contributed by atoms with Gasteiger partial charge in [-0.25, -0.2) is 4.98 Å². The molecule has 0 fully saturated rings. The minimum atomic E-state index is -0.952. The lowest BCUT2D eigenvalue weighted by Gasteiger charge is -2.05. The molecule has 24 heavy (non-hydrogen) atoms. The van der Waals surface area contributed by atoms with Crippen LogP contribution < -0.4 is 5.56 Å². The first-order valence-corrected chi connectivity index (χ1v) is 9.13. The molecule has 0 amide bonds. The van der Waals surface area contributed by atoms with E-state index in [2.05, 4.69) is 9.97 Å². The van der Waals surface area contributed by atoms with E-state index in [-0.39, 0.29) is 5.56 Å². The Morgan fingerprint density at radius 1 is 1.38 bits per heavy atom. The number of rotatable bonds is 4. The predicted molar refractivity (Wildman–Crippen MR) is 98.4 cm³/mol. The second kappa shape index (κ2) is 6.58. The van der Waals surface area contributed by atoms with Gasteiger partial charge >= 0.3 is 5.97 Å². The zero-order valence-electron chi connectivity index (χ0n) is 12.8. The number of nitrogens with one attached hydrogen (secondary N) is 1. The average Bonchev–Trinajstić information content (AvgIpc) is 2.84. The SMILES string of the molecule is Cc1sc2nc(SC(C)C(=O)O)[nH]c(=O)c2c1-c1ccc(Cl)cc1. The highest BCUT2D eigenvalue weighted by molar-refractivity contribution is 8.00. The Hall–Kier alpha value is -1.83. The first-order chi connectivity index (χ1) is 11.4. The molecule has 3 rings (SSSR count). The van der Waals surface area contributed by atoms with Gasteiger partial charge in [0.1, 0.15) is 10.1 Å². The predicted octanol–water partition coefficient (Wildman–Crippen LogP) is 4.18. The van der Waals surface area contributed by atoms with Crippen LogP contribution in [0.2, 0.25) is 5.02 Å². The van der Waals surface area contributed by atoms with Gasteiger partial charge in [0.25, 0.3) is 5.56 Å². The van der Waals surface area contributed by atoms with Gasteiger partial charge in [-0.2, -0.15) is 0 Å². The minimum Gasteiger partial charge on any atom is -0.480 e. The Morgan fingerprint density at radius 2 is 2.04 bits per heavy atom. The number of carboxylic acid groups (broad SMARTS) is 1. The number of thiophene rings is 1. The molecule has 124 valence electrons. The summed E-state index contributed by atoms with van der Waals surface area (Å²) in [5, 5.41) is 9.77. The lowest BCUT2D eigenvalue weighted by molar-refractivity contribution is -0.136. The number of aromatic amines is 1. The van der Waals surface area contributed by atoms with Crippen molar-refractivity contribution in [2.24, 2.45) is 0 Å². The Labute approximate surface area is 150 Å². The number of aryl methyl sites for hydroxylation is 1. The summed E-state index contributed by atoms with van der Waals surface area (Å²) in [5.74, 6) is -0.952. The maximum Gasteiger partial charge on any atom is 0.316 e. The van der Waals surface area contributed by atoms with Crippen molar-refractivity contribution in [3.05, 3.63) is 44.5 Å². The molecule has 1 atom stereocenters. The third-order valence-corrected chi connectivity index (χ3v) is 5.71. The van der Waals surface area contributed by atoms with Crippen molar-refractivity contribution in [2.75, 3.05) is 0 Å². The molecular formula is C16H13ClN2O3S2.